The molecule has 9 heteroatoms. The van der Waals surface area contributed by atoms with E-state index in [0.29, 0.717) is 5.52 Å². The lowest BCUT2D eigenvalue weighted by molar-refractivity contribution is -0.256. The topological polar surface area (TPSA) is 126 Å². The van der Waals surface area contributed by atoms with E-state index in [1.807, 2.05) is 0 Å². The zero-order valence-electron chi connectivity index (χ0n) is 11.1. The van der Waals surface area contributed by atoms with E-state index in [1.54, 1.807) is 0 Å². The highest BCUT2D eigenvalue weighted by Gasteiger charge is 2.65. The number of hydrogen-bond acceptors (Lipinski definition) is 7. The minimum atomic E-state index is -2.55. The first-order valence-electron chi connectivity index (χ1n) is 6.29. The van der Waals surface area contributed by atoms with Crippen LogP contribution in [0.1, 0.15) is 12.6 Å². The Morgan fingerprint density at radius 3 is 2.86 bits per heavy atom. The molecule has 1 aliphatic heterocycles. The summed E-state index contributed by atoms with van der Waals surface area (Å²) < 4.78 is 21.2. The number of nitrogen functional groups attached to an aromatic ring is 1. The van der Waals surface area contributed by atoms with E-state index in [1.165, 1.54) is 16.6 Å². The number of aliphatic hydroxyl groups excluding tert-OH is 2. The second kappa shape index (κ2) is 4.34. The van der Waals surface area contributed by atoms with E-state index in [9.17, 15) is 14.6 Å². The molecule has 114 valence electrons. The van der Waals surface area contributed by atoms with Crippen molar-refractivity contribution < 1.29 is 24.4 Å². The van der Waals surface area contributed by atoms with Crippen LogP contribution >= 0.6 is 0 Å². The third-order valence-corrected chi connectivity index (χ3v) is 3.90. The van der Waals surface area contributed by atoms with Gasteiger partial charge in [0.05, 0.1) is 6.61 Å². The van der Waals surface area contributed by atoms with Gasteiger partial charge >= 0.3 is 0 Å². The van der Waals surface area contributed by atoms with Crippen LogP contribution in [0.25, 0.3) is 5.52 Å². The van der Waals surface area contributed by atoms with Gasteiger partial charge in [-0.1, -0.05) is 0 Å². The first-order valence-corrected chi connectivity index (χ1v) is 6.29. The molecule has 0 unspecified atom stereocenters. The van der Waals surface area contributed by atoms with E-state index >= 15 is 0 Å². The maximum atomic E-state index is 14.9. The van der Waals surface area contributed by atoms with Crippen molar-refractivity contribution in [2.24, 2.45) is 0 Å². The van der Waals surface area contributed by atoms with E-state index in [2.05, 4.69) is 10.1 Å². The predicted octanol–water partition coefficient (Wildman–Crippen LogP) is -1.06. The molecule has 0 spiro atoms. The molecule has 21 heavy (non-hydrogen) atoms. The number of nitrogens with zero attached hydrogens (tertiary/aromatic N) is 3. The summed E-state index contributed by atoms with van der Waals surface area (Å²) in [5.41, 5.74) is 3.45. The Kier molecular flexibility index (Phi) is 2.92. The molecule has 0 amide bonds. The largest absolute Gasteiger partial charge is 0.394 e. The molecule has 5 N–H and O–H groups in total. The van der Waals surface area contributed by atoms with Crippen LogP contribution in [0.2, 0.25) is 0 Å². The van der Waals surface area contributed by atoms with Crippen LogP contribution in [-0.2, 0) is 10.5 Å². The molecule has 3 heterocycles. The third kappa shape index (κ3) is 1.69. The lowest BCUT2D eigenvalue weighted by Gasteiger charge is -2.31. The number of nitrogens with two attached hydrogens (primary N) is 1. The Morgan fingerprint density at radius 2 is 2.24 bits per heavy atom. The van der Waals surface area contributed by atoms with Crippen LogP contribution in [0.5, 0.6) is 0 Å². The van der Waals surface area contributed by atoms with Crippen LogP contribution in [-0.4, -0.2) is 54.4 Å². The average Bonchev–Trinajstić information content (AvgIpc) is 2.95. The summed E-state index contributed by atoms with van der Waals surface area (Å²) in [6, 6.07) is 2.88. The lowest BCUT2D eigenvalue weighted by Crippen LogP contribution is -2.49. The zero-order chi connectivity index (χ0) is 15.4. The Balaban J connectivity index is 2.19. The maximum Gasteiger partial charge on any atom is 0.248 e. The van der Waals surface area contributed by atoms with Gasteiger partial charge in [0.15, 0.2) is 11.5 Å². The molecule has 0 aliphatic carbocycles. The fourth-order valence-corrected chi connectivity index (χ4v) is 2.61. The highest BCUT2D eigenvalue weighted by Crippen LogP contribution is 2.47. The summed E-state index contributed by atoms with van der Waals surface area (Å²) in [5, 5.41) is 33.6. The first-order chi connectivity index (χ1) is 9.83. The van der Waals surface area contributed by atoms with Crippen molar-refractivity contribution in [2.75, 3.05) is 12.3 Å². The van der Waals surface area contributed by atoms with Crippen LogP contribution in [0.15, 0.2) is 18.5 Å². The monoisotopic (exact) mass is 298 g/mol. The van der Waals surface area contributed by atoms with Crippen LogP contribution in [0.3, 0.4) is 0 Å². The molecule has 2 aromatic rings. The van der Waals surface area contributed by atoms with Gasteiger partial charge in [0.1, 0.15) is 29.7 Å². The van der Waals surface area contributed by atoms with Crippen molar-refractivity contribution in [3.05, 3.63) is 24.2 Å². The molecule has 0 aromatic carbocycles. The number of alkyl halides is 1. The van der Waals surface area contributed by atoms with E-state index in [-0.39, 0.29) is 11.5 Å². The number of halogens is 1. The van der Waals surface area contributed by atoms with Crippen molar-refractivity contribution >= 4 is 11.3 Å². The molecule has 0 bridgehead atoms. The van der Waals surface area contributed by atoms with Gasteiger partial charge in [0.2, 0.25) is 5.79 Å². The Hall–Kier alpha value is -1.81. The molecule has 1 saturated heterocycles. The molecule has 0 saturated carbocycles. The fourth-order valence-electron chi connectivity index (χ4n) is 2.61. The van der Waals surface area contributed by atoms with Gasteiger partial charge in [-0.2, -0.15) is 5.10 Å². The number of aliphatic hydroxyl groups is 3. The Morgan fingerprint density at radius 1 is 1.52 bits per heavy atom. The summed E-state index contributed by atoms with van der Waals surface area (Å²) in [5.74, 6) is -2.33. The van der Waals surface area contributed by atoms with Crippen molar-refractivity contribution in [3.8, 4) is 0 Å². The smallest absolute Gasteiger partial charge is 0.248 e. The Bertz CT molecular complexity index is 691. The second-order valence-corrected chi connectivity index (χ2v) is 5.16. The molecule has 3 rings (SSSR count). The van der Waals surface area contributed by atoms with Gasteiger partial charge in [0.25, 0.3) is 0 Å². The van der Waals surface area contributed by atoms with Crippen molar-refractivity contribution in [1.82, 2.24) is 14.6 Å². The van der Waals surface area contributed by atoms with Crippen LogP contribution in [0.4, 0.5) is 10.2 Å². The van der Waals surface area contributed by atoms with Gasteiger partial charge in [-0.3, -0.25) is 0 Å². The van der Waals surface area contributed by atoms with E-state index < -0.39 is 30.3 Å². The SMILES string of the molecule is C[C@@]1(F)[C@H](O)[C@@H](CO)O[C@@]1(O)c1ccc2c(N)ncnn12. The van der Waals surface area contributed by atoms with Crippen LogP contribution < -0.4 is 5.73 Å². The van der Waals surface area contributed by atoms with E-state index in [0.717, 1.165) is 13.3 Å². The average molecular weight is 298 g/mol. The molecule has 8 nitrogen and oxygen atoms in total. The standard InChI is InChI=1S/C12H15FN4O4/c1-11(13)9(19)7(4-18)21-12(11,20)8-3-2-6-10(14)15-5-16-17(6)8/h2-3,5,7,9,18-20H,4H2,1H3,(H2,14,15,16)/t7-,9-,11-,12+/m1/s1. The van der Waals surface area contributed by atoms with Crippen molar-refractivity contribution in [2.45, 2.75) is 30.6 Å². The highest BCUT2D eigenvalue weighted by atomic mass is 19.1. The molecule has 0 radical (unpaired) electrons. The van der Waals surface area contributed by atoms with Crippen molar-refractivity contribution in [3.63, 3.8) is 0 Å². The lowest BCUT2D eigenvalue weighted by atomic mass is 9.90. The maximum absolute atomic E-state index is 14.9. The highest BCUT2D eigenvalue weighted by molar-refractivity contribution is 5.65. The molecule has 1 aliphatic rings. The number of hydrogen-bond donors (Lipinski definition) is 4. The minimum Gasteiger partial charge on any atom is -0.394 e. The van der Waals surface area contributed by atoms with Gasteiger partial charge in [0, 0.05) is 0 Å². The summed E-state index contributed by atoms with van der Waals surface area (Å²) in [7, 11) is 0. The number of fused-ring (bicyclic) bond motifs is 1. The summed E-state index contributed by atoms with van der Waals surface area (Å²) in [6.45, 7) is 0.362. The summed E-state index contributed by atoms with van der Waals surface area (Å²) >= 11 is 0. The second-order valence-electron chi connectivity index (χ2n) is 5.16. The fraction of sp³-hybridized carbons (Fsp3) is 0.500. The quantitative estimate of drug-likeness (QED) is 0.556. The van der Waals surface area contributed by atoms with Gasteiger partial charge in [-0.05, 0) is 19.1 Å². The van der Waals surface area contributed by atoms with Gasteiger partial charge in [-0.15, -0.1) is 0 Å². The van der Waals surface area contributed by atoms with Crippen LogP contribution in [0, 0.1) is 0 Å². The molecule has 2 aromatic heterocycles. The van der Waals surface area contributed by atoms with E-state index in [4.69, 9.17) is 15.6 Å². The van der Waals surface area contributed by atoms with Crippen molar-refractivity contribution in [1.29, 1.82) is 0 Å². The number of rotatable bonds is 2. The minimum absolute atomic E-state index is 0.0494. The molecule has 1 fully saturated rings. The summed E-state index contributed by atoms with van der Waals surface area (Å²) in [4.78, 5) is 3.79. The predicted molar refractivity (Wildman–Crippen MR) is 68.8 cm³/mol. The zero-order valence-corrected chi connectivity index (χ0v) is 11.1. The Labute approximate surface area is 118 Å². The van der Waals surface area contributed by atoms with Gasteiger partial charge in [-0.25, -0.2) is 13.9 Å². The molecular weight excluding hydrogens is 283 g/mol. The normalized spacial score (nSPS) is 36.4. The number of ether oxygens (including phenoxy) is 1. The van der Waals surface area contributed by atoms with Gasteiger partial charge < -0.3 is 25.8 Å². The molecular formula is C12H15FN4O4. The number of aromatic nitrogens is 3. The number of anilines is 1. The third-order valence-electron chi connectivity index (χ3n) is 3.90. The first kappa shape index (κ1) is 14.1. The molecule has 4 atom stereocenters. The summed E-state index contributed by atoms with van der Waals surface area (Å²) in [6.07, 6.45) is -1.80.